The molecule has 9 nitrogen and oxygen atoms in total. The van der Waals surface area contributed by atoms with Crippen molar-refractivity contribution in [1.82, 2.24) is 20.2 Å². The monoisotopic (exact) mass is 537 g/mol. The summed E-state index contributed by atoms with van der Waals surface area (Å²) in [6.45, 7) is 2.24. The molecule has 190 valence electrons. The SMILES string of the molecule is CCOc1cccc(/C=N/NC(=O)CSc2nnc(-c3ccc(OC)cc3)n2-c2ccc(Cl)cc2)c1O. The van der Waals surface area contributed by atoms with Gasteiger partial charge in [-0.05, 0) is 67.6 Å². The molecule has 0 bridgehead atoms. The first kappa shape index (κ1) is 26.1. The second-order valence-electron chi connectivity index (χ2n) is 7.56. The fourth-order valence-corrected chi connectivity index (χ4v) is 4.24. The molecule has 1 amide bonds. The molecule has 11 heteroatoms. The van der Waals surface area contributed by atoms with Crippen molar-refractivity contribution in [2.75, 3.05) is 19.5 Å². The van der Waals surface area contributed by atoms with Crippen LogP contribution in [0, 0.1) is 0 Å². The number of halogens is 1. The molecule has 0 saturated heterocycles. The van der Waals surface area contributed by atoms with Gasteiger partial charge in [-0.3, -0.25) is 9.36 Å². The van der Waals surface area contributed by atoms with Crippen molar-refractivity contribution in [1.29, 1.82) is 0 Å². The Labute approximate surface area is 223 Å². The Morgan fingerprint density at radius 2 is 1.89 bits per heavy atom. The van der Waals surface area contributed by atoms with Crippen LogP contribution in [-0.4, -0.2) is 51.5 Å². The highest BCUT2D eigenvalue weighted by Crippen LogP contribution is 2.30. The lowest BCUT2D eigenvalue weighted by Gasteiger charge is -2.11. The van der Waals surface area contributed by atoms with Gasteiger partial charge in [-0.1, -0.05) is 29.4 Å². The Kier molecular flexibility index (Phi) is 8.65. The number of nitrogens with one attached hydrogen (secondary N) is 1. The number of carbonyl (C=O) groups excluding carboxylic acids is 1. The van der Waals surface area contributed by atoms with E-state index < -0.39 is 0 Å². The van der Waals surface area contributed by atoms with Gasteiger partial charge >= 0.3 is 0 Å². The van der Waals surface area contributed by atoms with Gasteiger partial charge in [-0.15, -0.1) is 10.2 Å². The van der Waals surface area contributed by atoms with Gasteiger partial charge in [0.25, 0.3) is 5.91 Å². The van der Waals surface area contributed by atoms with E-state index in [4.69, 9.17) is 21.1 Å². The van der Waals surface area contributed by atoms with Gasteiger partial charge in [0.05, 0.1) is 25.7 Å². The highest BCUT2D eigenvalue weighted by Gasteiger charge is 2.17. The minimum Gasteiger partial charge on any atom is -0.504 e. The summed E-state index contributed by atoms with van der Waals surface area (Å²) in [6, 6.07) is 19.8. The summed E-state index contributed by atoms with van der Waals surface area (Å²) >= 11 is 7.30. The van der Waals surface area contributed by atoms with Crippen LogP contribution >= 0.6 is 23.4 Å². The third-order valence-corrected chi connectivity index (χ3v) is 6.30. The van der Waals surface area contributed by atoms with Crippen LogP contribution < -0.4 is 14.9 Å². The predicted molar refractivity (Wildman–Crippen MR) is 144 cm³/mol. The van der Waals surface area contributed by atoms with Crippen LogP contribution in [-0.2, 0) is 4.79 Å². The van der Waals surface area contributed by atoms with Crippen LogP contribution in [0.15, 0.2) is 77.0 Å². The van der Waals surface area contributed by atoms with Crippen molar-refractivity contribution < 1.29 is 19.4 Å². The zero-order chi connectivity index (χ0) is 26.2. The molecule has 0 aliphatic rings. The number of nitrogens with zero attached hydrogens (tertiary/aromatic N) is 4. The maximum absolute atomic E-state index is 12.5. The zero-order valence-electron chi connectivity index (χ0n) is 20.1. The number of hydrogen-bond acceptors (Lipinski definition) is 8. The average Bonchev–Trinajstić information content (AvgIpc) is 3.34. The Hall–Kier alpha value is -4.02. The number of thioether (sulfide) groups is 1. The molecule has 0 spiro atoms. The second kappa shape index (κ2) is 12.3. The minimum absolute atomic E-state index is 0.0383. The van der Waals surface area contributed by atoms with E-state index in [9.17, 15) is 9.90 Å². The molecule has 2 N–H and O–H groups in total. The van der Waals surface area contributed by atoms with Crippen molar-refractivity contribution in [3.63, 3.8) is 0 Å². The molecular weight excluding hydrogens is 514 g/mol. The maximum atomic E-state index is 12.5. The molecule has 1 aromatic heterocycles. The Morgan fingerprint density at radius 1 is 1.14 bits per heavy atom. The number of phenols is 1. The van der Waals surface area contributed by atoms with Gasteiger partial charge in [0.15, 0.2) is 22.5 Å². The molecule has 0 aliphatic heterocycles. The van der Waals surface area contributed by atoms with Crippen molar-refractivity contribution in [2.45, 2.75) is 12.1 Å². The summed E-state index contributed by atoms with van der Waals surface area (Å²) in [5, 5.41) is 24.0. The van der Waals surface area contributed by atoms with Gasteiger partial charge in [0.2, 0.25) is 0 Å². The van der Waals surface area contributed by atoms with E-state index in [-0.39, 0.29) is 17.4 Å². The molecule has 4 rings (SSSR count). The fourth-order valence-electron chi connectivity index (χ4n) is 3.37. The van der Waals surface area contributed by atoms with Gasteiger partial charge in [0, 0.05) is 21.8 Å². The van der Waals surface area contributed by atoms with Gasteiger partial charge < -0.3 is 14.6 Å². The van der Waals surface area contributed by atoms with Crippen LogP contribution in [0.4, 0.5) is 0 Å². The number of hydrazone groups is 1. The largest absolute Gasteiger partial charge is 0.504 e. The van der Waals surface area contributed by atoms with Crippen molar-refractivity contribution in [3.05, 3.63) is 77.3 Å². The third kappa shape index (κ3) is 6.41. The molecule has 4 aromatic rings. The molecule has 0 radical (unpaired) electrons. The average molecular weight is 538 g/mol. The van der Waals surface area contributed by atoms with Gasteiger partial charge in [0.1, 0.15) is 5.75 Å². The molecule has 0 saturated carbocycles. The smallest absolute Gasteiger partial charge is 0.250 e. The molecule has 3 aromatic carbocycles. The number of phenolic OH excluding ortho intramolecular Hbond substituents is 1. The molecule has 1 heterocycles. The van der Waals surface area contributed by atoms with Crippen molar-refractivity contribution in [2.24, 2.45) is 5.10 Å². The van der Waals surface area contributed by atoms with Crippen molar-refractivity contribution in [3.8, 4) is 34.3 Å². The Bertz CT molecular complexity index is 1390. The topological polar surface area (TPSA) is 111 Å². The number of hydrogen-bond donors (Lipinski definition) is 2. The van der Waals surface area contributed by atoms with Gasteiger partial charge in [-0.2, -0.15) is 5.10 Å². The quantitative estimate of drug-likeness (QED) is 0.167. The summed E-state index contributed by atoms with van der Waals surface area (Å²) in [4.78, 5) is 12.5. The summed E-state index contributed by atoms with van der Waals surface area (Å²) in [5.41, 5.74) is 4.52. The summed E-state index contributed by atoms with van der Waals surface area (Å²) in [6.07, 6.45) is 1.36. The summed E-state index contributed by atoms with van der Waals surface area (Å²) < 4.78 is 12.5. The second-order valence-corrected chi connectivity index (χ2v) is 8.93. The number of aromatic nitrogens is 3. The molecule has 0 unspecified atom stereocenters. The van der Waals surface area contributed by atoms with Crippen LogP contribution in [0.5, 0.6) is 17.2 Å². The molecule has 0 fully saturated rings. The van der Waals surface area contributed by atoms with E-state index in [1.807, 2.05) is 47.9 Å². The number of benzene rings is 3. The molecule has 0 aliphatic carbocycles. The molecule has 0 atom stereocenters. The first-order valence-corrected chi connectivity index (χ1v) is 12.6. The van der Waals surface area contributed by atoms with E-state index in [0.717, 1.165) is 17.0 Å². The number of aromatic hydroxyl groups is 1. The lowest BCUT2D eigenvalue weighted by molar-refractivity contribution is -0.118. The maximum Gasteiger partial charge on any atom is 0.250 e. The third-order valence-electron chi connectivity index (χ3n) is 5.12. The van der Waals surface area contributed by atoms with Crippen LogP contribution in [0.25, 0.3) is 17.1 Å². The van der Waals surface area contributed by atoms with Crippen LogP contribution in [0.2, 0.25) is 5.02 Å². The molecule has 37 heavy (non-hydrogen) atoms. The molecular formula is C26H24ClN5O4S. The van der Waals surface area contributed by atoms with E-state index in [0.29, 0.717) is 33.9 Å². The summed E-state index contributed by atoms with van der Waals surface area (Å²) in [5.74, 6) is 1.33. The number of amides is 1. The van der Waals surface area contributed by atoms with Crippen molar-refractivity contribution >= 4 is 35.5 Å². The van der Waals surface area contributed by atoms with Gasteiger partial charge in [-0.25, -0.2) is 5.43 Å². The van der Waals surface area contributed by atoms with Crippen LogP contribution in [0.1, 0.15) is 12.5 Å². The Balaban J connectivity index is 1.49. The van der Waals surface area contributed by atoms with Crippen LogP contribution in [0.3, 0.4) is 0 Å². The minimum atomic E-state index is -0.349. The number of para-hydroxylation sites is 1. The number of carbonyl (C=O) groups is 1. The fraction of sp³-hybridized carbons (Fsp3) is 0.154. The first-order valence-electron chi connectivity index (χ1n) is 11.3. The predicted octanol–water partition coefficient (Wildman–Crippen LogP) is 4.94. The lowest BCUT2D eigenvalue weighted by Crippen LogP contribution is -2.20. The first-order chi connectivity index (χ1) is 18.0. The normalized spacial score (nSPS) is 11.0. The highest BCUT2D eigenvalue weighted by atomic mass is 35.5. The highest BCUT2D eigenvalue weighted by molar-refractivity contribution is 7.99. The Morgan fingerprint density at radius 3 is 2.59 bits per heavy atom. The van der Waals surface area contributed by atoms with E-state index >= 15 is 0 Å². The van der Waals surface area contributed by atoms with E-state index in [1.165, 1.54) is 18.0 Å². The summed E-state index contributed by atoms with van der Waals surface area (Å²) in [7, 11) is 1.61. The standard InChI is InChI=1S/C26H24ClN5O4S/c1-3-36-22-6-4-5-18(24(22)34)15-28-29-23(33)16-37-26-31-30-25(17-7-13-21(35-2)14-8-17)32(26)20-11-9-19(27)10-12-20/h4-15,34H,3,16H2,1-2H3,(H,29,33)/b28-15+. The van der Waals surface area contributed by atoms with E-state index in [2.05, 4.69) is 20.7 Å². The van der Waals surface area contributed by atoms with E-state index in [1.54, 1.807) is 37.4 Å². The number of rotatable bonds is 10. The lowest BCUT2D eigenvalue weighted by atomic mass is 10.2. The number of ether oxygens (including phenoxy) is 2. The number of methoxy groups -OCH3 is 1. The zero-order valence-corrected chi connectivity index (χ0v) is 21.7.